The zero-order valence-electron chi connectivity index (χ0n) is 7.16. The fourth-order valence-corrected chi connectivity index (χ4v) is 2.09. The lowest BCUT2D eigenvalue weighted by Gasteiger charge is -1.95. The summed E-state index contributed by atoms with van der Waals surface area (Å²) in [4.78, 5) is 12.0. The van der Waals surface area contributed by atoms with Crippen LogP contribution in [0.2, 0.25) is 5.02 Å². The molecule has 1 aromatic heterocycles. The standard InChI is InChI=1S/C11H6ClOS/c12-9-3-1-8(2-4-9)11-6-5-10(7-13)14-11/h1-6H. The van der Waals surface area contributed by atoms with Crippen molar-refractivity contribution in [1.82, 2.24) is 0 Å². The van der Waals surface area contributed by atoms with Crippen LogP contribution in [0.15, 0.2) is 36.4 Å². The Morgan fingerprint density at radius 2 is 1.79 bits per heavy atom. The van der Waals surface area contributed by atoms with E-state index in [9.17, 15) is 4.79 Å². The quantitative estimate of drug-likeness (QED) is 0.758. The molecule has 1 aromatic carbocycles. The van der Waals surface area contributed by atoms with Gasteiger partial charge in [-0.05, 0) is 29.8 Å². The lowest BCUT2D eigenvalue weighted by Crippen LogP contribution is -1.70. The second kappa shape index (κ2) is 3.95. The molecule has 2 aromatic rings. The molecule has 0 atom stereocenters. The van der Waals surface area contributed by atoms with Gasteiger partial charge in [0.2, 0.25) is 6.29 Å². The highest BCUT2D eigenvalue weighted by atomic mass is 35.5. The first kappa shape index (κ1) is 9.44. The van der Waals surface area contributed by atoms with Crippen LogP contribution in [0.5, 0.6) is 0 Å². The average Bonchev–Trinajstić information content (AvgIpc) is 2.67. The van der Waals surface area contributed by atoms with Crippen LogP contribution in [-0.4, -0.2) is 6.29 Å². The summed E-state index contributed by atoms with van der Waals surface area (Å²) in [6.45, 7) is 0. The van der Waals surface area contributed by atoms with Crippen molar-refractivity contribution in [3.05, 3.63) is 46.3 Å². The van der Waals surface area contributed by atoms with Crippen LogP contribution in [0.4, 0.5) is 0 Å². The van der Waals surface area contributed by atoms with E-state index in [4.69, 9.17) is 11.6 Å². The van der Waals surface area contributed by atoms with Gasteiger partial charge in [0.05, 0.1) is 4.88 Å². The minimum Gasteiger partial charge on any atom is -0.284 e. The summed E-state index contributed by atoms with van der Waals surface area (Å²) in [6, 6.07) is 11.2. The molecule has 1 heterocycles. The topological polar surface area (TPSA) is 17.1 Å². The Bertz CT molecular complexity index is 445. The van der Waals surface area contributed by atoms with E-state index < -0.39 is 0 Å². The predicted octanol–water partition coefficient (Wildman–Crippen LogP) is 3.53. The van der Waals surface area contributed by atoms with Gasteiger partial charge >= 0.3 is 0 Å². The maximum Gasteiger partial charge on any atom is 0.244 e. The molecule has 0 aliphatic rings. The molecule has 0 unspecified atom stereocenters. The Kier molecular flexibility index (Phi) is 2.66. The fraction of sp³-hybridized carbons (Fsp3) is 0. The van der Waals surface area contributed by atoms with Gasteiger partial charge in [-0.2, -0.15) is 0 Å². The SMILES string of the molecule is O=[C]c1ccc(-c2ccc(Cl)cc2)s1. The number of thiophene rings is 1. The molecule has 0 saturated carbocycles. The molecule has 0 aliphatic carbocycles. The molecule has 3 heteroatoms. The summed E-state index contributed by atoms with van der Waals surface area (Å²) < 4.78 is 0. The number of hydrogen-bond acceptors (Lipinski definition) is 2. The second-order valence-corrected chi connectivity index (χ2v) is 4.29. The minimum absolute atomic E-state index is 0.620. The molecule has 0 bridgehead atoms. The van der Waals surface area contributed by atoms with Crippen molar-refractivity contribution in [2.45, 2.75) is 0 Å². The van der Waals surface area contributed by atoms with Gasteiger partial charge in [0.15, 0.2) is 0 Å². The lowest BCUT2D eigenvalue weighted by molar-refractivity contribution is 0.563. The first-order chi connectivity index (χ1) is 6.79. The molecule has 0 saturated heterocycles. The van der Waals surface area contributed by atoms with Crippen LogP contribution in [0.1, 0.15) is 4.88 Å². The third-order valence-corrected chi connectivity index (χ3v) is 3.12. The van der Waals surface area contributed by atoms with Gasteiger partial charge in [0.1, 0.15) is 0 Å². The lowest BCUT2D eigenvalue weighted by atomic mass is 10.2. The zero-order valence-corrected chi connectivity index (χ0v) is 8.73. The molecule has 0 fully saturated rings. The Morgan fingerprint density at radius 1 is 1.07 bits per heavy atom. The average molecular weight is 222 g/mol. The van der Waals surface area contributed by atoms with Crippen molar-refractivity contribution >= 4 is 29.2 Å². The maximum absolute atomic E-state index is 10.4. The molecular weight excluding hydrogens is 216 g/mol. The summed E-state index contributed by atoms with van der Waals surface area (Å²) in [6.07, 6.45) is 1.87. The van der Waals surface area contributed by atoms with Crippen molar-refractivity contribution in [3.8, 4) is 10.4 Å². The molecule has 0 aliphatic heterocycles. The van der Waals surface area contributed by atoms with Gasteiger partial charge < -0.3 is 0 Å². The third-order valence-electron chi connectivity index (χ3n) is 1.84. The van der Waals surface area contributed by atoms with Gasteiger partial charge in [0.25, 0.3) is 0 Å². The highest BCUT2D eigenvalue weighted by Gasteiger charge is 2.01. The monoisotopic (exact) mass is 221 g/mol. The molecule has 0 amide bonds. The number of rotatable bonds is 2. The summed E-state index contributed by atoms with van der Waals surface area (Å²) in [5.41, 5.74) is 1.07. The largest absolute Gasteiger partial charge is 0.284 e. The zero-order chi connectivity index (χ0) is 9.97. The summed E-state index contributed by atoms with van der Waals surface area (Å²) in [5.74, 6) is 0. The van der Waals surface area contributed by atoms with E-state index in [2.05, 4.69) is 0 Å². The van der Waals surface area contributed by atoms with Crippen molar-refractivity contribution in [2.24, 2.45) is 0 Å². The van der Waals surface area contributed by atoms with Crippen molar-refractivity contribution < 1.29 is 4.79 Å². The molecule has 1 radical (unpaired) electrons. The molecule has 14 heavy (non-hydrogen) atoms. The Balaban J connectivity index is 2.39. The van der Waals surface area contributed by atoms with Crippen LogP contribution in [-0.2, 0) is 4.79 Å². The fourth-order valence-electron chi connectivity index (χ4n) is 1.16. The van der Waals surface area contributed by atoms with Crippen molar-refractivity contribution in [3.63, 3.8) is 0 Å². The van der Waals surface area contributed by atoms with Crippen molar-refractivity contribution in [2.75, 3.05) is 0 Å². The normalized spacial score (nSPS) is 10.1. The molecular formula is C11H6ClOS. The second-order valence-electron chi connectivity index (χ2n) is 2.77. The van der Waals surface area contributed by atoms with Crippen molar-refractivity contribution in [1.29, 1.82) is 0 Å². The van der Waals surface area contributed by atoms with Gasteiger partial charge in [-0.1, -0.05) is 23.7 Å². The summed E-state index contributed by atoms with van der Waals surface area (Å²) >= 11 is 7.20. The van der Waals surface area contributed by atoms with E-state index in [1.54, 1.807) is 6.07 Å². The highest BCUT2D eigenvalue weighted by molar-refractivity contribution is 7.17. The van der Waals surface area contributed by atoms with E-state index in [0.717, 1.165) is 10.4 Å². The van der Waals surface area contributed by atoms with E-state index in [0.29, 0.717) is 9.90 Å². The van der Waals surface area contributed by atoms with E-state index >= 15 is 0 Å². The van der Waals surface area contributed by atoms with Crippen LogP contribution in [0.25, 0.3) is 10.4 Å². The van der Waals surface area contributed by atoms with Crippen LogP contribution >= 0.6 is 22.9 Å². The van der Waals surface area contributed by atoms with E-state index in [-0.39, 0.29) is 0 Å². The number of hydrogen-bond donors (Lipinski definition) is 0. The Labute approximate surface area is 91.0 Å². The minimum atomic E-state index is 0.620. The van der Waals surface area contributed by atoms with Crippen LogP contribution < -0.4 is 0 Å². The Morgan fingerprint density at radius 3 is 2.36 bits per heavy atom. The third kappa shape index (κ3) is 1.86. The first-order valence-corrected chi connectivity index (χ1v) is 5.23. The number of halogens is 1. The number of carbonyl (C=O) groups excluding carboxylic acids is 1. The van der Waals surface area contributed by atoms with Crippen LogP contribution in [0, 0.1) is 0 Å². The number of benzene rings is 1. The predicted molar refractivity (Wildman–Crippen MR) is 59.6 cm³/mol. The van der Waals surface area contributed by atoms with Gasteiger partial charge in [0, 0.05) is 9.90 Å². The van der Waals surface area contributed by atoms with Gasteiger partial charge in [-0.3, -0.25) is 4.79 Å². The van der Waals surface area contributed by atoms with Gasteiger partial charge in [-0.15, -0.1) is 11.3 Å². The molecule has 69 valence electrons. The molecule has 1 nitrogen and oxygen atoms in total. The van der Waals surface area contributed by atoms with E-state index in [1.165, 1.54) is 11.3 Å². The molecule has 0 spiro atoms. The maximum atomic E-state index is 10.4. The first-order valence-electron chi connectivity index (χ1n) is 4.03. The molecule has 0 N–H and O–H groups in total. The van der Waals surface area contributed by atoms with Gasteiger partial charge in [-0.25, -0.2) is 0 Å². The van der Waals surface area contributed by atoms with Crippen LogP contribution in [0.3, 0.4) is 0 Å². The summed E-state index contributed by atoms with van der Waals surface area (Å²) in [5, 5.41) is 0.715. The van der Waals surface area contributed by atoms with E-state index in [1.807, 2.05) is 36.6 Å². The summed E-state index contributed by atoms with van der Waals surface area (Å²) in [7, 11) is 0. The highest BCUT2D eigenvalue weighted by Crippen LogP contribution is 2.27. The molecule has 2 rings (SSSR count). The smallest absolute Gasteiger partial charge is 0.244 e. The Hall–Kier alpha value is -1.12.